The fraction of sp³-hybridized carbons (Fsp3) is 0.562. The lowest BCUT2D eigenvalue weighted by atomic mass is 9.78. The average Bonchev–Trinajstić information content (AvgIpc) is 2.50. The Morgan fingerprint density at radius 3 is 2.91 bits per heavy atom. The van der Waals surface area contributed by atoms with E-state index in [1.54, 1.807) is 6.07 Å². The van der Waals surface area contributed by atoms with Crippen molar-refractivity contribution >= 4 is 23.6 Å². The van der Waals surface area contributed by atoms with Crippen molar-refractivity contribution in [3.63, 3.8) is 0 Å². The highest BCUT2D eigenvalue weighted by Gasteiger charge is 2.28. The molecular weight excluding hydrogens is 300 g/mol. The number of rotatable bonds is 5. The van der Waals surface area contributed by atoms with Gasteiger partial charge in [-0.15, -0.1) is 0 Å². The molecule has 120 valence electrons. The van der Waals surface area contributed by atoms with Gasteiger partial charge in [-0.05, 0) is 30.4 Å². The second-order valence-electron chi connectivity index (χ2n) is 5.89. The highest BCUT2D eigenvalue weighted by molar-refractivity contribution is 8.00. The Hall–Kier alpha value is -1.56. The van der Waals surface area contributed by atoms with Gasteiger partial charge in [-0.2, -0.15) is 0 Å². The van der Waals surface area contributed by atoms with Crippen molar-refractivity contribution in [1.82, 2.24) is 10.3 Å². The van der Waals surface area contributed by atoms with E-state index in [0.29, 0.717) is 16.9 Å². The summed E-state index contributed by atoms with van der Waals surface area (Å²) < 4.78 is 0. The van der Waals surface area contributed by atoms with E-state index >= 15 is 0 Å². The topological polar surface area (TPSA) is 79.3 Å². The zero-order valence-corrected chi connectivity index (χ0v) is 13.7. The van der Waals surface area contributed by atoms with E-state index in [0.717, 1.165) is 12.8 Å². The molecule has 2 N–H and O–H groups in total. The molecule has 0 aliphatic heterocycles. The zero-order valence-electron chi connectivity index (χ0n) is 12.9. The van der Waals surface area contributed by atoms with Gasteiger partial charge in [0, 0.05) is 12.2 Å². The first-order valence-corrected chi connectivity index (χ1v) is 8.58. The Kier molecular flexibility index (Phi) is 5.83. The molecule has 0 radical (unpaired) electrons. The SMILES string of the molecule is C[C@@H]1[C@@H](C)CCC[C@H]1NC(=O)CSc1ncccc1C(=O)O. The molecule has 0 bridgehead atoms. The molecule has 1 amide bonds. The van der Waals surface area contributed by atoms with Gasteiger partial charge in [0.1, 0.15) is 5.03 Å². The molecule has 6 heteroatoms. The lowest BCUT2D eigenvalue weighted by Gasteiger charge is -2.34. The molecule has 1 aromatic rings. The van der Waals surface area contributed by atoms with Gasteiger partial charge < -0.3 is 10.4 Å². The first-order valence-electron chi connectivity index (χ1n) is 7.59. The molecule has 1 saturated carbocycles. The molecule has 1 fully saturated rings. The maximum absolute atomic E-state index is 12.1. The summed E-state index contributed by atoms with van der Waals surface area (Å²) >= 11 is 1.17. The van der Waals surface area contributed by atoms with Crippen LogP contribution in [0, 0.1) is 11.8 Å². The second kappa shape index (κ2) is 7.63. The fourth-order valence-corrected chi connectivity index (χ4v) is 3.63. The summed E-state index contributed by atoms with van der Waals surface area (Å²) in [5.41, 5.74) is 0.139. The van der Waals surface area contributed by atoms with Gasteiger partial charge in [-0.3, -0.25) is 4.79 Å². The van der Waals surface area contributed by atoms with E-state index in [4.69, 9.17) is 5.11 Å². The summed E-state index contributed by atoms with van der Waals surface area (Å²) in [6.07, 6.45) is 4.93. The number of carboxylic acid groups (broad SMARTS) is 1. The first kappa shape index (κ1) is 16.8. The number of nitrogens with zero attached hydrogens (tertiary/aromatic N) is 1. The molecule has 0 spiro atoms. The van der Waals surface area contributed by atoms with Crippen LogP contribution in [-0.2, 0) is 4.79 Å². The minimum absolute atomic E-state index is 0.0575. The summed E-state index contributed by atoms with van der Waals surface area (Å²) in [5.74, 6) is 0.214. The number of amides is 1. The summed E-state index contributed by atoms with van der Waals surface area (Å²) in [5, 5.41) is 12.6. The number of carbonyl (C=O) groups excluding carboxylic acids is 1. The van der Waals surface area contributed by atoms with Crippen molar-refractivity contribution in [3.05, 3.63) is 23.9 Å². The number of nitrogens with one attached hydrogen (secondary N) is 1. The van der Waals surface area contributed by atoms with Gasteiger partial charge in [-0.1, -0.05) is 38.5 Å². The van der Waals surface area contributed by atoms with Gasteiger partial charge in [0.05, 0.1) is 11.3 Å². The third-order valence-corrected chi connectivity index (χ3v) is 5.40. The molecule has 3 atom stereocenters. The molecule has 2 rings (SSSR count). The van der Waals surface area contributed by atoms with Crippen LogP contribution in [0.5, 0.6) is 0 Å². The van der Waals surface area contributed by atoms with E-state index in [9.17, 15) is 9.59 Å². The number of aromatic nitrogens is 1. The Morgan fingerprint density at radius 1 is 1.41 bits per heavy atom. The molecule has 1 aromatic heterocycles. The van der Waals surface area contributed by atoms with Crippen molar-refractivity contribution in [1.29, 1.82) is 0 Å². The third-order valence-electron chi connectivity index (χ3n) is 4.39. The van der Waals surface area contributed by atoms with Crippen LogP contribution in [0.1, 0.15) is 43.5 Å². The van der Waals surface area contributed by atoms with Crippen LogP contribution >= 0.6 is 11.8 Å². The first-order chi connectivity index (χ1) is 10.5. The number of pyridine rings is 1. The number of carbonyl (C=O) groups is 2. The van der Waals surface area contributed by atoms with E-state index in [-0.39, 0.29) is 23.3 Å². The molecule has 5 nitrogen and oxygen atoms in total. The summed E-state index contributed by atoms with van der Waals surface area (Å²) in [4.78, 5) is 27.3. The van der Waals surface area contributed by atoms with Gasteiger partial charge >= 0.3 is 5.97 Å². The predicted molar refractivity (Wildman–Crippen MR) is 86.0 cm³/mol. The van der Waals surface area contributed by atoms with Crippen LogP contribution in [0.15, 0.2) is 23.4 Å². The summed E-state index contributed by atoms with van der Waals surface area (Å²) in [7, 11) is 0. The van der Waals surface area contributed by atoms with Crippen LogP contribution in [0.25, 0.3) is 0 Å². The van der Waals surface area contributed by atoms with Crippen LogP contribution < -0.4 is 5.32 Å². The van der Waals surface area contributed by atoms with Crippen molar-refractivity contribution in [2.45, 2.75) is 44.2 Å². The Labute approximate surface area is 134 Å². The Bertz CT molecular complexity index is 550. The Balaban J connectivity index is 1.89. The number of thioether (sulfide) groups is 1. The molecule has 1 aliphatic carbocycles. The quantitative estimate of drug-likeness (QED) is 0.815. The van der Waals surface area contributed by atoms with Crippen LogP contribution in [0.2, 0.25) is 0 Å². The number of carboxylic acids is 1. The van der Waals surface area contributed by atoms with E-state index in [2.05, 4.69) is 24.1 Å². The van der Waals surface area contributed by atoms with Crippen LogP contribution in [0.4, 0.5) is 0 Å². The van der Waals surface area contributed by atoms with E-state index in [1.807, 2.05) is 0 Å². The van der Waals surface area contributed by atoms with Crippen molar-refractivity contribution in [3.8, 4) is 0 Å². The van der Waals surface area contributed by atoms with E-state index in [1.165, 1.54) is 30.4 Å². The lowest BCUT2D eigenvalue weighted by Crippen LogP contribution is -2.44. The molecular formula is C16H22N2O3S. The van der Waals surface area contributed by atoms with Crippen LogP contribution in [0.3, 0.4) is 0 Å². The molecule has 1 heterocycles. The summed E-state index contributed by atoms with van der Waals surface area (Å²) in [6, 6.07) is 3.30. The zero-order chi connectivity index (χ0) is 16.1. The van der Waals surface area contributed by atoms with E-state index < -0.39 is 5.97 Å². The number of hydrogen-bond donors (Lipinski definition) is 2. The van der Waals surface area contributed by atoms with Gasteiger partial charge in [0.15, 0.2) is 0 Å². The smallest absolute Gasteiger partial charge is 0.338 e. The maximum Gasteiger partial charge on any atom is 0.338 e. The number of hydrogen-bond acceptors (Lipinski definition) is 4. The molecule has 0 aromatic carbocycles. The van der Waals surface area contributed by atoms with Gasteiger partial charge in [0.25, 0.3) is 0 Å². The molecule has 1 aliphatic rings. The highest BCUT2D eigenvalue weighted by Crippen LogP contribution is 2.29. The monoisotopic (exact) mass is 322 g/mol. The minimum atomic E-state index is -1.02. The van der Waals surface area contributed by atoms with Crippen molar-refractivity contribution < 1.29 is 14.7 Å². The average molecular weight is 322 g/mol. The molecule has 0 saturated heterocycles. The third kappa shape index (κ3) is 4.22. The molecule has 0 unspecified atom stereocenters. The number of aromatic carboxylic acids is 1. The normalized spacial score (nSPS) is 24.7. The molecule has 22 heavy (non-hydrogen) atoms. The predicted octanol–water partition coefficient (Wildman–Crippen LogP) is 2.81. The van der Waals surface area contributed by atoms with Crippen LogP contribution in [-0.4, -0.2) is 33.8 Å². The minimum Gasteiger partial charge on any atom is -0.478 e. The lowest BCUT2D eigenvalue weighted by molar-refractivity contribution is -0.120. The second-order valence-corrected chi connectivity index (χ2v) is 6.86. The summed E-state index contributed by atoms with van der Waals surface area (Å²) in [6.45, 7) is 4.41. The van der Waals surface area contributed by atoms with Gasteiger partial charge in [-0.25, -0.2) is 9.78 Å². The Morgan fingerprint density at radius 2 is 2.18 bits per heavy atom. The largest absolute Gasteiger partial charge is 0.478 e. The standard InChI is InChI=1S/C16H22N2O3S/c1-10-5-3-7-13(11(10)2)18-14(19)9-22-15-12(16(20)21)6-4-8-17-15/h4,6,8,10-11,13H,3,5,7,9H2,1-2H3,(H,18,19)(H,20,21)/t10-,11+,13+/m0/s1. The van der Waals surface area contributed by atoms with Crippen molar-refractivity contribution in [2.24, 2.45) is 11.8 Å². The fourth-order valence-electron chi connectivity index (χ4n) is 2.84. The maximum atomic E-state index is 12.1. The van der Waals surface area contributed by atoms with Crippen molar-refractivity contribution in [2.75, 3.05) is 5.75 Å². The highest BCUT2D eigenvalue weighted by atomic mass is 32.2. The van der Waals surface area contributed by atoms with Gasteiger partial charge in [0.2, 0.25) is 5.91 Å².